The fourth-order valence-corrected chi connectivity index (χ4v) is 4.98. The van der Waals surface area contributed by atoms with Crippen molar-refractivity contribution in [3.63, 3.8) is 0 Å². The molecule has 1 aromatic carbocycles. The second kappa shape index (κ2) is 4.30. The Hall–Kier alpha value is -0.900. The number of aliphatic hydroxyl groups is 1. The van der Waals surface area contributed by atoms with E-state index in [-0.39, 0.29) is 5.41 Å². The standard InChI is InChI=1S/C17H24N2O/c18-12-16(9-13-3-1-2-4-14(13)10-16)17(20)6-8-19-7-5-15(17)11-19/h1-4,15,20H,5-12,18H2. The van der Waals surface area contributed by atoms with E-state index in [2.05, 4.69) is 29.2 Å². The molecule has 3 N–H and O–H groups in total. The van der Waals surface area contributed by atoms with E-state index >= 15 is 0 Å². The van der Waals surface area contributed by atoms with Gasteiger partial charge in [0, 0.05) is 31.0 Å². The smallest absolute Gasteiger partial charge is 0.0775 e. The topological polar surface area (TPSA) is 49.5 Å². The van der Waals surface area contributed by atoms with Gasteiger partial charge in [-0.3, -0.25) is 0 Å². The van der Waals surface area contributed by atoms with Crippen molar-refractivity contribution < 1.29 is 5.11 Å². The van der Waals surface area contributed by atoms with Crippen LogP contribution in [0.4, 0.5) is 0 Å². The fraction of sp³-hybridized carbons (Fsp3) is 0.647. The molecule has 2 heterocycles. The maximum absolute atomic E-state index is 11.6. The Morgan fingerprint density at radius 3 is 2.55 bits per heavy atom. The van der Waals surface area contributed by atoms with Gasteiger partial charge in [-0.05, 0) is 43.4 Å². The summed E-state index contributed by atoms with van der Waals surface area (Å²) < 4.78 is 0. The summed E-state index contributed by atoms with van der Waals surface area (Å²) in [5, 5.41) is 11.6. The number of benzene rings is 1. The molecule has 3 heteroatoms. The third kappa shape index (κ3) is 1.57. The summed E-state index contributed by atoms with van der Waals surface area (Å²) in [4.78, 5) is 2.49. The van der Waals surface area contributed by atoms with E-state index in [1.54, 1.807) is 0 Å². The first-order chi connectivity index (χ1) is 9.67. The average Bonchev–Trinajstić information content (AvgIpc) is 3.06. The minimum absolute atomic E-state index is 0.141. The molecule has 2 saturated heterocycles. The Morgan fingerprint density at radius 2 is 1.90 bits per heavy atom. The summed E-state index contributed by atoms with van der Waals surface area (Å²) in [7, 11) is 0. The van der Waals surface area contributed by atoms with E-state index in [0.29, 0.717) is 12.5 Å². The minimum atomic E-state index is -0.576. The summed E-state index contributed by atoms with van der Waals surface area (Å²) in [5.74, 6) is 0.411. The highest BCUT2D eigenvalue weighted by Crippen LogP contribution is 2.52. The third-order valence-electron chi connectivity index (χ3n) is 6.24. The molecular weight excluding hydrogens is 248 g/mol. The van der Waals surface area contributed by atoms with Crippen molar-refractivity contribution in [2.24, 2.45) is 17.1 Å². The third-order valence-corrected chi connectivity index (χ3v) is 6.24. The predicted octanol–water partition coefficient (Wildman–Crippen LogP) is 1.19. The quantitative estimate of drug-likeness (QED) is 0.850. The Morgan fingerprint density at radius 1 is 1.20 bits per heavy atom. The maximum Gasteiger partial charge on any atom is 0.0775 e. The van der Waals surface area contributed by atoms with E-state index in [0.717, 1.165) is 45.3 Å². The molecule has 2 aliphatic heterocycles. The van der Waals surface area contributed by atoms with Gasteiger partial charge in [0.1, 0.15) is 0 Å². The molecule has 0 amide bonds. The van der Waals surface area contributed by atoms with Gasteiger partial charge in [-0.1, -0.05) is 24.3 Å². The van der Waals surface area contributed by atoms with Gasteiger partial charge in [-0.2, -0.15) is 0 Å². The van der Waals surface area contributed by atoms with Crippen molar-refractivity contribution in [3.05, 3.63) is 35.4 Å². The second-order valence-corrected chi connectivity index (χ2v) is 7.07. The van der Waals surface area contributed by atoms with Crippen LogP contribution in [-0.4, -0.2) is 41.8 Å². The maximum atomic E-state index is 11.6. The Bertz CT molecular complexity index is 504. The molecule has 0 saturated carbocycles. The molecule has 0 spiro atoms. The zero-order chi connectivity index (χ0) is 13.8. The Kier molecular flexibility index (Phi) is 2.75. The highest BCUT2D eigenvalue weighted by molar-refractivity contribution is 5.37. The predicted molar refractivity (Wildman–Crippen MR) is 79.5 cm³/mol. The highest BCUT2D eigenvalue weighted by atomic mass is 16.3. The lowest BCUT2D eigenvalue weighted by Gasteiger charge is -2.51. The van der Waals surface area contributed by atoms with Gasteiger partial charge in [0.15, 0.2) is 0 Å². The van der Waals surface area contributed by atoms with Gasteiger partial charge in [-0.25, -0.2) is 0 Å². The summed E-state index contributed by atoms with van der Waals surface area (Å²) in [6, 6.07) is 8.63. The van der Waals surface area contributed by atoms with Crippen molar-refractivity contribution in [2.45, 2.75) is 31.3 Å². The lowest BCUT2D eigenvalue weighted by Crippen LogP contribution is -2.61. The molecule has 2 fully saturated rings. The van der Waals surface area contributed by atoms with Gasteiger partial charge in [0.25, 0.3) is 0 Å². The molecule has 20 heavy (non-hydrogen) atoms. The van der Waals surface area contributed by atoms with Crippen LogP contribution in [0, 0.1) is 11.3 Å². The van der Waals surface area contributed by atoms with E-state index in [1.807, 2.05) is 0 Å². The first kappa shape index (κ1) is 12.8. The van der Waals surface area contributed by atoms with Crippen LogP contribution in [0.5, 0.6) is 0 Å². The monoisotopic (exact) mass is 272 g/mol. The molecule has 3 nitrogen and oxygen atoms in total. The van der Waals surface area contributed by atoms with E-state index in [4.69, 9.17) is 5.73 Å². The van der Waals surface area contributed by atoms with Crippen molar-refractivity contribution >= 4 is 0 Å². The van der Waals surface area contributed by atoms with Gasteiger partial charge in [0.05, 0.1) is 5.60 Å². The Balaban J connectivity index is 1.72. The van der Waals surface area contributed by atoms with Crippen LogP contribution in [0.3, 0.4) is 0 Å². The van der Waals surface area contributed by atoms with Crippen LogP contribution < -0.4 is 5.73 Å². The summed E-state index contributed by atoms with van der Waals surface area (Å²) in [6.07, 6.45) is 3.93. The molecule has 108 valence electrons. The molecule has 3 unspecified atom stereocenters. The molecule has 0 radical (unpaired) electrons. The number of fused-ring (bicyclic) bond motifs is 3. The second-order valence-electron chi connectivity index (χ2n) is 7.07. The number of rotatable bonds is 2. The average molecular weight is 272 g/mol. The molecule has 3 atom stereocenters. The van der Waals surface area contributed by atoms with Gasteiger partial charge >= 0.3 is 0 Å². The normalized spacial score (nSPS) is 37.9. The first-order valence-corrected chi connectivity index (χ1v) is 7.88. The number of nitrogens with two attached hydrogens (primary N) is 1. The van der Waals surface area contributed by atoms with Gasteiger partial charge in [-0.15, -0.1) is 0 Å². The Labute approximate surface area is 120 Å². The number of hydrogen-bond donors (Lipinski definition) is 2. The molecule has 1 aliphatic carbocycles. The molecular formula is C17H24N2O. The van der Waals surface area contributed by atoms with Crippen LogP contribution in [0.25, 0.3) is 0 Å². The van der Waals surface area contributed by atoms with Crippen LogP contribution >= 0.6 is 0 Å². The largest absolute Gasteiger partial charge is 0.389 e. The van der Waals surface area contributed by atoms with E-state index in [9.17, 15) is 5.11 Å². The lowest BCUT2D eigenvalue weighted by atomic mass is 9.61. The number of hydrogen-bond acceptors (Lipinski definition) is 3. The first-order valence-electron chi connectivity index (χ1n) is 7.88. The molecule has 3 aliphatic rings. The summed E-state index contributed by atoms with van der Waals surface area (Å²) in [6.45, 7) is 3.84. The zero-order valence-corrected chi connectivity index (χ0v) is 12.0. The minimum Gasteiger partial charge on any atom is -0.389 e. The molecule has 2 bridgehead atoms. The number of nitrogens with zero attached hydrogens (tertiary/aromatic N) is 1. The molecule has 4 rings (SSSR count). The van der Waals surface area contributed by atoms with Crippen LogP contribution in [0.1, 0.15) is 24.0 Å². The van der Waals surface area contributed by atoms with Crippen molar-refractivity contribution in [2.75, 3.05) is 26.2 Å². The summed E-state index contributed by atoms with van der Waals surface area (Å²) in [5.41, 5.74) is 8.29. The summed E-state index contributed by atoms with van der Waals surface area (Å²) >= 11 is 0. The number of piperidine rings is 1. The van der Waals surface area contributed by atoms with E-state index < -0.39 is 5.60 Å². The van der Waals surface area contributed by atoms with Gasteiger partial charge in [0.2, 0.25) is 0 Å². The fourth-order valence-electron chi connectivity index (χ4n) is 4.98. The highest BCUT2D eigenvalue weighted by Gasteiger charge is 2.58. The zero-order valence-electron chi connectivity index (χ0n) is 12.0. The molecule has 0 aromatic heterocycles. The van der Waals surface area contributed by atoms with Crippen LogP contribution in [0.15, 0.2) is 24.3 Å². The SMILES string of the molecule is NCC1(C2(O)CCN3CCC2C3)Cc2ccccc2C1. The van der Waals surface area contributed by atoms with E-state index in [1.165, 1.54) is 11.1 Å². The molecule has 1 aromatic rings. The van der Waals surface area contributed by atoms with Crippen molar-refractivity contribution in [3.8, 4) is 0 Å². The lowest BCUT2D eigenvalue weighted by molar-refractivity contribution is -0.137. The van der Waals surface area contributed by atoms with Gasteiger partial charge < -0.3 is 15.7 Å². The van der Waals surface area contributed by atoms with Crippen molar-refractivity contribution in [1.29, 1.82) is 0 Å². The van der Waals surface area contributed by atoms with Crippen LogP contribution in [0.2, 0.25) is 0 Å². The van der Waals surface area contributed by atoms with Crippen LogP contribution in [-0.2, 0) is 12.8 Å². The van der Waals surface area contributed by atoms with Crippen molar-refractivity contribution in [1.82, 2.24) is 4.90 Å².